The number of carbonyl (C=O) groups excluding carboxylic acids is 1. The van der Waals surface area contributed by atoms with E-state index in [1.807, 2.05) is 18.7 Å². The van der Waals surface area contributed by atoms with E-state index in [2.05, 4.69) is 25.0 Å². The average Bonchev–Trinajstić information content (AvgIpc) is 3.37. The lowest BCUT2D eigenvalue weighted by atomic mass is 9.80. The summed E-state index contributed by atoms with van der Waals surface area (Å²) in [6.07, 6.45) is 8.21. The van der Waals surface area contributed by atoms with Crippen molar-refractivity contribution in [3.05, 3.63) is 24.5 Å². The monoisotopic (exact) mass is 370 g/mol. The minimum absolute atomic E-state index is 0.142. The quantitative estimate of drug-likeness (QED) is 0.765. The second-order valence-electron chi connectivity index (χ2n) is 7.49. The van der Waals surface area contributed by atoms with Gasteiger partial charge in [-0.05, 0) is 32.6 Å². The van der Waals surface area contributed by atoms with Gasteiger partial charge in [0.1, 0.15) is 5.69 Å². The number of carbonyl (C=O) groups is 1. The van der Waals surface area contributed by atoms with Crippen molar-refractivity contribution in [2.75, 3.05) is 32.7 Å². The first-order valence-corrected chi connectivity index (χ1v) is 9.77. The third-order valence-corrected chi connectivity index (χ3v) is 6.06. The Morgan fingerprint density at radius 2 is 2.22 bits per heavy atom. The Labute approximate surface area is 159 Å². The Balaban J connectivity index is 1.53. The fraction of sp³-hybridized carbons (Fsp3) is 0.632. The summed E-state index contributed by atoms with van der Waals surface area (Å²) in [5, 5.41) is 4.14. The van der Waals surface area contributed by atoms with Crippen molar-refractivity contribution in [3.63, 3.8) is 0 Å². The SMILES string of the molecule is CCN(CC)C(=O)CN1C[C@H]2CCC[C@@]2(c2nc(-c3cnccn3)no2)C1. The number of likely N-dealkylation sites (tertiary alicyclic amines) is 1. The molecule has 2 atom stereocenters. The molecule has 8 heteroatoms. The first-order chi connectivity index (χ1) is 13.2. The van der Waals surface area contributed by atoms with Gasteiger partial charge in [0.15, 0.2) is 0 Å². The summed E-state index contributed by atoms with van der Waals surface area (Å²) in [7, 11) is 0. The second kappa shape index (κ2) is 7.34. The Kier molecular flexibility index (Phi) is 4.90. The van der Waals surface area contributed by atoms with E-state index in [1.165, 1.54) is 0 Å². The number of rotatable bonds is 6. The van der Waals surface area contributed by atoms with Crippen molar-refractivity contribution in [3.8, 4) is 11.5 Å². The molecule has 2 fully saturated rings. The lowest BCUT2D eigenvalue weighted by molar-refractivity contribution is -0.131. The number of fused-ring (bicyclic) bond motifs is 1. The van der Waals surface area contributed by atoms with E-state index in [0.717, 1.165) is 45.4 Å². The molecule has 0 N–H and O–H groups in total. The predicted molar refractivity (Wildman–Crippen MR) is 98.7 cm³/mol. The molecule has 0 unspecified atom stereocenters. The van der Waals surface area contributed by atoms with Crippen LogP contribution in [0, 0.1) is 5.92 Å². The lowest BCUT2D eigenvalue weighted by Crippen LogP contribution is -2.40. The number of hydrogen-bond acceptors (Lipinski definition) is 7. The lowest BCUT2D eigenvalue weighted by Gasteiger charge is -2.25. The molecule has 1 aliphatic carbocycles. The normalized spacial score (nSPS) is 24.9. The molecule has 0 aromatic carbocycles. The van der Waals surface area contributed by atoms with Crippen LogP contribution in [0.3, 0.4) is 0 Å². The molecule has 2 aliphatic rings. The van der Waals surface area contributed by atoms with Crippen LogP contribution in [-0.2, 0) is 10.2 Å². The van der Waals surface area contributed by atoms with E-state index >= 15 is 0 Å². The summed E-state index contributed by atoms with van der Waals surface area (Å²) in [6.45, 7) is 7.72. The molecule has 1 aliphatic heterocycles. The van der Waals surface area contributed by atoms with Crippen molar-refractivity contribution in [1.29, 1.82) is 0 Å². The maximum atomic E-state index is 12.5. The molecule has 1 saturated heterocycles. The van der Waals surface area contributed by atoms with E-state index in [0.29, 0.717) is 29.9 Å². The van der Waals surface area contributed by atoms with E-state index in [1.54, 1.807) is 18.6 Å². The summed E-state index contributed by atoms with van der Waals surface area (Å²) in [5.74, 6) is 1.82. The van der Waals surface area contributed by atoms with Gasteiger partial charge >= 0.3 is 0 Å². The number of likely N-dealkylation sites (N-methyl/N-ethyl adjacent to an activating group) is 1. The van der Waals surface area contributed by atoms with Gasteiger partial charge in [0.25, 0.3) is 0 Å². The largest absolute Gasteiger partial charge is 0.342 e. The van der Waals surface area contributed by atoms with E-state index in [-0.39, 0.29) is 11.3 Å². The molecule has 27 heavy (non-hydrogen) atoms. The van der Waals surface area contributed by atoms with Crippen LogP contribution in [0.15, 0.2) is 23.1 Å². The average molecular weight is 370 g/mol. The van der Waals surface area contributed by atoms with Crippen LogP contribution in [0.4, 0.5) is 0 Å². The molecule has 3 heterocycles. The molecule has 2 aromatic heterocycles. The number of aromatic nitrogens is 4. The van der Waals surface area contributed by atoms with Gasteiger partial charge in [0.2, 0.25) is 17.6 Å². The highest BCUT2D eigenvalue weighted by atomic mass is 16.5. The predicted octanol–water partition coefficient (Wildman–Crippen LogP) is 1.75. The highest BCUT2D eigenvalue weighted by Crippen LogP contribution is 2.50. The highest BCUT2D eigenvalue weighted by molar-refractivity contribution is 5.78. The summed E-state index contributed by atoms with van der Waals surface area (Å²) >= 11 is 0. The highest BCUT2D eigenvalue weighted by Gasteiger charge is 2.54. The third kappa shape index (κ3) is 3.22. The topological polar surface area (TPSA) is 88.3 Å². The van der Waals surface area contributed by atoms with Gasteiger partial charge in [0.05, 0.1) is 18.2 Å². The van der Waals surface area contributed by atoms with Crippen molar-refractivity contribution in [2.24, 2.45) is 5.92 Å². The number of nitrogens with zero attached hydrogens (tertiary/aromatic N) is 6. The number of hydrogen-bond donors (Lipinski definition) is 0. The van der Waals surface area contributed by atoms with Gasteiger partial charge in [-0.1, -0.05) is 11.6 Å². The van der Waals surface area contributed by atoms with Gasteiger partial charge in [-0.2, -0.15) is 4.98 Å². The maximum absolute atomic E-state index is 12.5. The molecule has 8 nitrogen and oxygen atoms in total. The van der Waals surface area contributed by atoms with Gasteiger partial charge in [0, 0.05) is 38.6 Å². The van der Waals surface area contributed by atoms with Crippen molar-refractivity contribution in [1.82, 2.24) is 29.9 Å². The molecule has 0 bridgehead atoms. The fourth-order valence-corrected chi connectivity index (χ4v) is 4.68. The summed E-state index contributed by atoms with van der Waals surface area (Å²) in [6, 6.07) is 0. The van der Waals surface area contributed by atoms with E-state index < -0.39 is 0 Å². The van der Waals surface area contributed by atoms with Crippen LogP contribution in [0.5, 0.6) is 0 Å². The van der Waals surface area contributed by atoms with Crippen LogP contribution < -0.4 is 0 Å². The zero-order chi connectivity index (χ0) is 18.9. The minimum atomic E-state index is -0.142. The van der Waals surface area contributed by atoms with Crippen molar-refractivity contribution >= 4 is 5.91 Å². The molecule has 144 valence electrons. The second-order valence-corrected chi connectivity index (χ2v) is 7.49. The first kappa shape index (κ1) is 18.0. The van der Waals surface area contributed by atoms with Gasteiger partial charge in [-0.15, -0.1) is 0 Å². The van der Waals surface area contributed by atoms with Crippen LogP contribution in [0.2, 0.25) is 0 Å². The maximum Gasteiger partial charge on any atom is 0.236 e. The Hall–Kier alpha value is -2.35. The molecule has 1 amide bonds. The molecule has 1 saturated carbocycles. The minimum Gasteiger partial charge on any atom is -0.342 e. The summed E-state index contributed by atoms with van der Waals surface area (Å²) < 4.78 is 5.70. The van der Waals surface area contributed by atoms with E-state index in [4.69, 9.17) is 4.52 Å². The van der Waals surface area contributed by atoms with Crippen LogP contribution >= 0.6 is 0 Å². The van der Waals surface area contributed by atoms with Gasteiger partial charge in [-0.25, -0.2) is 4.98 Å². The van der Waals surface area contributed by atoms with Crippen LogP contribution in [0.1, 0.15) is 39.0 Å². The molecule has 0 spiro atoms. The zero-order valence-electron chi connectivity index (χ0n) is 16.0. The van der Waals surface area contributed by atoms with Crippen molar-refractivity contribution < 1.29 is 9.32 Å². The zero-order valence-corrected chi connectivity index (χ0v) is 16.0. The third-order valence-electron chi connectivity index (χ3n) is 6.06. The standard InChI is InChI=1S/C19H26N6O2/c1-3-25(4-2)16(26)12-24-11-14-6-5-7-19(14,13-24)18-22-17(23-27-18)15-10-20-8-9-21-15/h8-10,14H,3-7,11-13H2,1-2H3/t14-,19-/m1/s1. The fourth-order valence-electron chi connectivity index (χ4n) is 4.68. The Morgan fingerprint density at radius 3 is 2.96 bits per heavy atom. The van der Waals surface area contributed by atoms with Crippen LogP contribution in [0.25, 0.3) is 11.5 Å². The Morgan fingerprint density at radius 1 is 1.37 bits per heavy atom. The molecule has 4 rings (SSSR count). The summed E-state index contributed by atoms with van der Waals surface area (Å²) in [5.41, 5.74) is 0.474. The van der Waals surface area contributed by atoms with Crippen molar-refractivity contribution in [2.45, 2.75) is 38.5 Å². The van der Waals surface area contributed by atoms with Gasteiger partial charge < -0.3 is 9.42 Å². The number of amides is 1. The molecule has 2 aromatic rings. The molecular weight excluding hydrogens is 344 g/mol. The first-order valence-electron chi connectivity index (χ1n) is 9.77. The molecule has 0 radical (unpaired) electrons. The van der Waals surface area contributed by atoms with E-state index in [9.17, 15) is 4.79 Å². The van der Waals surface area contributed by atoms with Crippen LogP contribution in [-0.4, -0.2) is 68.5 Å². The summed E-state index contributed by atoms with van der Waals surface area (Å²) in [4.78, 5) is 29.7. The molecular formula is C19H26N6O2. The smallest absolute Gasteiger partial charge is 0.236 e. The Bertz CT molecular complexity index is 791. The van der Waals surface area contributed by atoms with Gasteiger partial charge in [-0.3, -0.25) is 14.7 Å².